The van der Waals surface area contributed by atoms with Gasteiger partial charge in [-0.25, -0.2) is 9.18 Å². The van der Waals surface area contributed by atoms with E-state index in [1.165, 1.54) is 19.2 Å². The van der Waals surface area contributed by atoms with E-state index in [-0.39, 0.29) is 27.8 Å². The van der Waals surface area contributed by atoms with Gasteiger partial charge in [-0.2, -0.15) is 0 Å². The van der Waals surface area contributed by atoms with Gasteiger partial charge in [-0.1, -0.05) is 13.8 Å². The molecule has 1 aliphatic rings. The molecule has 7 nitrogen and oxygen atoms in total. The van der Waals surface area contributed by atoms with Crippen molar-refractivity contribution in [1.82, 2.24) is 0 Å². The highest BCUT2D eigenvalue weighted by atomic mass is 19.1. The summed E-state index contributed by atoms with van der Waals surface area (Å²) < 4.78 is 26.0. The first kappa shape index (κ1) is 24.6. The highest BCUT2D eigenvalue weighted by Crippen LogP contribution is 2.39. The number of hydrogen-bond donors (Lipinski definition) is 1. The molecule has 1 aliphatic heterocycles. The fraction of sp³-hybridized carbons (Fsp3) is 0.407. The number of fused-ring (bicyclic) bond motifs is 1. The van der Waals surface area contributed by atoms with Crippen molar-refractivity contribution in [2.75, 3.05) is 36.5 Å². The van der Waals surface area contributed by atoms with Crippen molar-refractivity contribution < 1.29 is 23.4 Å². The molecule has 2 heterocycles. The molecule has 0 amide bonds. The van der Waals surface area contributed by atoms with Crippen LogP contribution in [-0.2, 0) is 0 Å². The molecule has 35 heavy (non-hydrogen) atoms. The lowest BCUT2D eigenvalue weighted by molar-refractivity contribution is 0.0697. The lowest BCUT2D eigenvalue weighted by Crippen LogP contribution is -2.37. The van der Waals surface area contributed by atoms with Crippen LogP contribution in [0.3, 0.4) is 0 Å². The van der Waals surface area contributed by atoms with Crippen LogP contribution in [0.5, 0.6) is 5.75 Å². The van der Waals surface area contributed by atoms with E-state index in [4.69, 9.17) is 9.15 Å². The Hall–Kier alpha value is -3.55. The Balaban J connectivity index is 1.91. The van der Waals surface area contributed by atoms with E-state index in [1.807, 2.05) is 19.9 Å². The second-order valence-corrected chi connectivity index (χ2v) is 9.81. The second kappa shape index (κ2) is 9.24. The standard InChI is InChI=1S/C27H31FN2O5/c1-6-30(20-14-19(28)23(34-5)13-17(20)26(32)33)21-12-16(2)11-18-22(31)15-24(35-25(18)21)29-9-7-27(3,4)8-10-29/h11-15H,6-10H2,1-5H3,(H,32,33). The summed E-state index contributed by atoms with van der Waals surface area (Å²) in [4.78, 5) is 29.0. The maximum atomic E-state index is 14.7. The number of piperidine rings is 1. The Kier molecular flexibility index (Phi) is 6.49. The number of aromatic carboxylic acids is 1. The maximum Gasteiger partial charge on any atom is 0.337 e. The first-order valence-corrected chi connectivity index (χ1v) is 11.8. The van der Waals surface area contributed by atoms with Gasteiger partial charge in [0.15, 0.2) is 28.5 Å². The van der Waals surface area contributed by atoms with Crippen LogP contribution in [0, 0.1) is 18.2 Å². The number of carbonyl (C=O) groups is 1. The van der Waals surface area contributed by atoms with Gasteiger partial charge in [0.1, 0.15) is 0 Å². The number of carboxylic acid groups (broad SMARTS) is 1. The molecule has 0 bridgehead atoms. The molecule has 0 atom stereocenters. The van der Waals surface area contributed by atoms with Crippen LogP contribution in [0.25, 0.3) is 11.0 Å². The lowest BCUT2D eigenvalue weighted by atomic mass is 9.83. The van der Waals surface area contributed by atoms with Gasteiger partial charge >= 0.3 is 5.97 Å². The summed E-state index contributed by atoms with van der Waals surface area (Å²) in [5.74, 6) is -1.57. The molecule has 2 aromatic carbocycles. The summed E-state index contributed by atoms with van der Waals surface area (Å²) in [5, 5.41) is 10.2. The predicted molar refractivity (Wildman–Crippen MR) is 135 cm³/mol. The summed E-state index contributed by atoms with van der Waals surface area (Å²) in [5.41, 5.74) is 1.75. The van der Waals surface area contributed by atoms with Gasteiger partial charge in [-0.15, -0.1) is 0 Å². The SMILES string of the molecule is CCN(c1cc(F)c(OC)cc1C(=O)O)c1cc(C)cc2c(=O)cc(N3CCC(C)(C)CC3)oc12. The molecule has 1 aromatic heterocycles. The van der Waals surface area contributed by atoms with Gasteiger partial charge in [0.2, 0.25) is 0 Å². The molecule has 0 aliphatic carbocycles. The summed E-state index contributed by atoms with van der Waals surface area (Å²) >= 11 is 0. The van der Waals surface area contributed by atoms with Gasteiger partial charge in [0.05, 0.1) is 29.4 Å². The van der Waals surface area contributed by atoms with Crippen LogP contribution in [0.2, 0.25) is 0 Å². The minimum Gasteiger partial charge on any atom is -0.494 e. The van der Waals surface area contributed by atoms with E-state index < -0.39 is 11.8 Å². The van der Waals surface area contributed by atoms with Crippen molar-refractivity contribution in [2.45, 2.75) is 40.5 Å². The zero-order chi connectivity index (χ0) is 25.5. The zero-order valence-electron chi connectivity index (χ0n) is 20.8. The summed E-state index contributed by atoms with van der Waals surface area (Å²) in [7, 11) is 1.28. The van der Waals surface area contributed by atoms with Crippen molar-refractivity contribution in [3.63, 3.8) is 0 Å². The summed E-state index contributed by atoms with van der Waals surface area (Å²) in [6.45, 7) is 10.0. The third-order valence-corrected chi connectivity index (χ3v) is 6.77. The minimum absolute atomic E-state index is 0.114. The van der Waals surface area contributed by atoms with E-state index in [0.29, 0.717) is 29.1 Å². The summed E-state index contributed by atoms with van der Waals surface area (Å²) in [6, 6.07) is 7.43. The number of rotatable bonds is 6. The third kappa shape index (κ3) is 4.70. The molecule has 4 rings (SSSR count). The third-order valence-electron chi connectivity index (χ3n) is 6.77. The van der Waals surface area contributed by atoms with Crippen molar-refractivity contribution in [2.24, 2.45) is 5.41 Å². The molecule has 3 aromatic rings. The van der Waals surface area contributed by atoms with Gasteiger partial charge < -0.3 is 24.1 Å². The molecule has 1 N–H and O–H groups in total. The molecular weight excluding hydrogens is 451 g/mol. The van der Waals surface area contributed by atoms with Crippen LogP contribution in [-0.4, -0.2) is 37.8 Å². The Morgan fingerprint density at radius 2 is 1.86 bits per heavy atom. The zero-order valence-corrected chi connectivity index (χ0v) is 20.8. The molecule has 0 radical (unpaired) electrons. The average molecular weight is 483 g/mol. The fourth-order valence-electron chi connectivity index (χ4n) is 4.62. The first-order valence-electron chi connectivity index (χ1n) is 11.8. The van der Waals surface area contributed by atoms with Gasteiger partial charge in [-0.3, -0.25) is 4.79 Å². The number of halogens is 1. The smallest absolute Gasteiger partial charge is 0.337 e. The Labute approximate surface area is 203 Å². The summed E-state index contributed by atoms with van der Waals surface area (Å²) in [6.07, 6.45) is 1.95. The number of nitrogens with zero attached hydrogens (tertiary/aromatic N) is 2. The highest BCUT2D eigenvalue weighted by molar-refractivity contribution is 5.99. The molecule has 0 spiro atoms. The number of carboxylic acids is 1. The number of benzene rings is 2. The van der Waals surface area contributed by atoms with E-state index in [0.717, 1.165) is 37.6 Å². The van der Waals surface area contributed by atoms with Crippen LogP contribution in [0.15, 0.2) is 39.5 Å². The first-order chi connectivity index (χ1) is 16.5. The Morgan fingerprint density at radius 3 is 2.46 bits per heavy atom. The van der Waals surface area contributed by atoms with E-state index in [9.17, 15) is 19.1 Å². The molecule has 8 heteroatoms. The number of hydrogen-bond acceptors (Lipinski definition) is 6. The van der Waals surface area contributed by atoms with Crippen molar-refractivity contribution in [1.29, 1.82) is 0 Å². The lowest BCUT2D eigenvalue weighted by Gasteiger charge is -2.37. The molecule has 0 saturated carbocycles. The number of aryl methyl sites for hydroxylation is 1. The maximum absolute atomic E-state index is 14.7. The van der Waals surface area contributed by atoms with Gasteiger partial charge in [0, 0.05) is 31.8 Å². The van der Waals surface area contributed by atoms with Crippen molar-refractivity contribution in [3.05, 3.63) is 57.5 Å². The van der Waals surface area contributed by atoms with Gasteiger partial charge in [0.25, 0.3) is 0 Å². The van der Waals surface area contributed by atoms with Gasteiger partial charge in [-0.05, 0) is 55.9 Å². The monoisotopic (exact) mass is 482 g/mol. The largest absolute Gasteiger partial charge is 0.494 e. The number of anilines is 3. The van der Waals surface area contributed by atoms with E-state index in [2.05, 4.69) is 18.7 Å². The van der Waals surface area contributed by atoms with E-state index in [1.54, 1.807) is 11.0 Å². The Morgan fingerprint density at radius 1 is 1.17 bits per heavy atom. The fourth-order valence-corrected chi connectivity index (χ4v) is 4.62. The number of ether oxygens (including phenoxy) is 1. The van der Waals surface area contributed by atoms with E-state index >= 15 is 0 Å². The molecule has 0 unspecified atom stereocenters. The van der Waals surface area contributed by atoms with Crippen LogP contribution >= 0.6 is 0 Å². The normalized spacial score (nSPS) is 15.3. The van der Waals surface area contributed by atoms with Crippen LogP contribution in [0.4, 0.5) is 21.6 Å². The minimum atomic E-state index is -1.22. The molecule has 1 saturated heterocycles. The number of methoxy groups -OCH3 is 1. The second-order valence-electron chi connectivity index (χ2n) is 9.81. The van der Waals surface area contributed by atoms with Crippen molar-refractivity contribution in [3.8, 4) is 5.75 Å². The van der Waals surface area contributed by atoms with Crippen molar-refractivity contribution >= 4 is 34.2 Å². The topological polar surface area (TPSA) is 83.2 Å². The predicted octanol–water partition coefficient (Wildman–Crippen LogP) is 5.73. The molecule has 1 fully saturated rings. The molecular formula is C27H31FN2O5. The quantitative estimate of drug-likeness (QED) is 0.480. The molecule has 186 valence electrons. The van der Waals surface area contributed by atoms with Crippen LogP contribution in [0.1, 0.15) is 49.5 Å². The Bertz CT molecular complexity index is 1340. The van der Waals surface area contributed by atoms with Crippen LogP contribution < -0.4 is 20.0 Å². The highest BCUT2D eigenvalue weighted by Gasteiger charge is 2.28. The average Bonchev–Trinajstić information content (AvgIpc) is 2.80.